The van der Waals surface area contributed by atoms with E-state index in [0.717, 1.165) is 17.0 Å². The quantitative estimate of drug-likeness (QED) is 0.781. The fraction of sp³-hybridized carbons (Fsp3) is 0.412. The van der Waals surface area contributed by atoms with Gasteiger partial charge in [0.25, 0.3) is 0 Å². The van der Waals surface area contributed by atoms with Crippen molar-refractivity contribution in [3.63, 3.8) is 0 Å². The maximum atomic E-state index is 12.1. The normalized spacial score (nSPS) is 10.6. The van der Waals surface area contributed by atoms with Gasteiger partial charge in [-0.25, -0.2) is 0 Å². The lowest BCUT2D eigenvalue weighted by Gasteiger charge is -2.18. The Kier molecular flexibility index (Phi) is 5.98. The molecule has 0 saturated carbocycles. The molecule has 2 rings (SSSR count). The number of carbonyl (C=O) groups is 1. The Morgan fingerprint density at radius 1 is 1.30 bits per heavy atom. The first-order valence-corrected chi connectivity index (χ1v) is 8.44. The first kappa shape index (κ1) is 17.3. The molecule has 0 radical (unpaired) electrons. The summed E-state index contributed by atoms with van der Waals surface area (Å²) in [6.45, 7) is 5.26. The highest BCUT2D eigenvalue weighted by Gasteiger charge is 2.11. The van der Waals surface area contributed by atoms with E-state index < -0.39 is 0 Å². The summed E-state index contributed by atoms with van der Waals surface area (Å²) in [5.41, 5.74) is 1.98. The zero-order valence-electron chi connectivity index (χ0n) is 13.7. The summed E-state index contributed by atoms with van der Waals surface area (Å²) in [4.78, 5) is 25.4. The van der Waals surface area contributed by atoms with Crippen molar-refractivity contribution in [1.29, 1.82) is 0 Å². The maximum Gasteiger partial charge on any atom is 0.307 e. The summed E-state index contributed by atoms with van der Waals surface area (Å²) >= 11 is 1.17. The molecule has 0 aliphatic carbocycles. The van der Waals surface area contributed by atoms with Gasteiger partial charge in [0.05, 0.1) is 6.54 Å². The number of benzene rings is 1. The van der Waals surface area contributed by atoms with E-state index in [-0.39, 0.29) is 10.8 Å². The number of nitrogens with zero attached hydrogens (tertiary/aromatic N) is 2. The molecule has 0 aliphatic heterocycles. The largest absolute Gasteiger partial charge is 0.491 e. The molecule has 0 fully saturated rings. The zero-order chi connectivity index (χ0) is 16.8. The molecule has 0 saturated heterocycles. The van der Waals surface area contributed by atoms with Crippen LogP contribution in [0.4, 0.5) is 0 Å². The summed E-state index contributed by atoms with van der Waals surface area (Å²) in [5, 5.41) is 1.81. The second kappa shape index (κ2) is 7.97. The third-order valence-corrected chi connectivity index (χ3v) is 4.61. The molecule has 0 bridgehead atoms. The lowest BCUT2D eigenvalue weighted by Crippen LogP contribution is -2.32. The minimum absolute atomic E-state index is 0.0101. The fourth-order valence-electron chi connectivity index (χ4n) is 2.21. The standard InChI is InChI=1S/C17H22N2O3S/c1-13-6-4-5-7-15(13)22-11-10-18(3)16(20)8-9-19-14(2)12-23-17(19)21/h4-7,12H,8-11H2,1-3H3. The highest BCUT2D eigenvalue weighted by atomic mass is 32.1. The molecule has 0 spiro atoms. The lowest BCUT2D eigenvalue weighted by molar-refractivity contribution is -0.130. The number of hydrogen-bond donors (Lipinski definition) is 0. The number of hydrogen-bond acceptors (Lipinski definition) is 4. The SMILES string of the molecule is Cc1ccccc1OCCN(C)C(=O)CCn1c(C)csc1=O. The molecule has 5 nitrogen and oxygen atoms in total. The molecule has 23 heavy (non-hydrogen) atoms. The van der Waals surface area contributed by atoms with Crippen LogP contribution in [0.1, 0.15) is 17.7 Å². The van der Waals surface area contributed by atoms with Crippen LogP contribution in [0.5, 0.6) is 5.75 Å². The van der Waals surface area contributed by atoms with Crippen molar-refractivity contribution in [1.82, 2.24) is 9.47 Å². The van der Waals surface area contributed by atoms with E-state index in [0.29, 0.717) is 26.1 Å². The molecule has 1 heterocycles. The van der Waals surface area contributed by atoms with Crippen molar-refractivity contribution >= 4 is 17.2 Å². The number of aromatic nitrogens is 1. The van der Waals surface area contributed by atoms with Gasteiger partial charge in [-0.05, 0) is 25.5 Å². The number of aryl methyl sites for hydroxylation is 2. The monoisotopic (exact) mass is 334 g/mol. The number of rotatable bonds is 7. The van der Waals surface area contributed by atoms with E-state index in [1.165, 1.54) is 11.3 Å². The Hall–Kier alpha value is -2.08. The number of thiazole rings is 1. The summed E-state index contributed by atoms with van der Waals surface area (Å²) in [7, 11) is 1.76. The molecule has 1 aromatic heterocycles. The van der Waals surface area contributed by atoms with Gasteiger partial charge < -0.3 is 14.2 Å². The number of para-hydroxylation sites is 1. The average molecular weight is 334 g/mol. The van der Waals surface area contributed by atoms with Gasteiger partial charge in [0, 0.05) is 31.1 Å². The van der Waals surface area contributed by atoms with Crippen molar-refractivity contribution in [2.75, 3.05) is 20.2 Å². The highest BCUT2D eigenvalue weighted by molar-refractivity contribution is 7.07. The minimum Gasteiger partial charge on any atom is -0.491 e. The number of likely N-dealkylation sites (N-methyl/N-ethyl adjacent to an activating group) is 1. The molecule has 6 heteroatoms. The predicted molar refractivity (Wildman–Crippen MR) is 92.2 cm³/mol. The van der Waals surface area contributed by atoms with Crippen LogP contribution in [0.25, 0.3) is 0 Å². The van der Waals surface area contributed by atoms with Gasteiger partial charge in [-0.3, -0.25) is 9.59 Å². The number of carbonyl (C=O) groups excluding carboxylic acids is 1. The Morgan fingerprint density at radius 3 is 2.70 bits per heavy atom. The van der Waals surface area contributed by atoms with Crippen LogP contribution in [0.3, 0.4) is 0 Å². The molecule has 124 valence electrons. The van der Waals surface area contributed by atoms with Gasteiger partial charge >= 0.3 is 4.87 Å². The number of ether oxygens (including phenoxy) is 1. The Labute approximate surface area is 140 Å². The van der Waals surface area contributed by atoms with E-state index in [2.05, 4.69) is 0 Å². The fourth-order valence-corrected chi connectivity index (χ4v) is 2.97. The van der Waals surface area contributed by atoms with Crippen LogP contribution < -0.4 is 9.61 Å². The van der Waals surface area contributed by atoms with Gasteiger partial charge in [-0.2, -0.15) is 0 Å². The van der Waals surface area contributed by atoms with Crippen molar-refractivity contribution < 1.29 is 9.53 Å². The average Bonchev–Trinajstić information content (AvgIpc) is 2.85. The second-order valence-electron chi connectivity index (χ2n) is 5.47. The topological polar surface area (TPSA) is 51.5 Å². The van der Waals surface area contributed by atoms with Gasteiger partial charge in [-0.1, -0.05) is 29.5 Å². The molecule has 0 aliphatic rings. The Morgan fingerprint density at radius 2 is 2.04 bits per heavy atom. The van der Waals surface area contributed by atoms with Crippen molar-refractivity contribution in [3.05, 3.63) is 50.6 Å². The summed E-state index contributed by atoms with van der Waals surface area (Å²) < 4.78 is 7.34. The zero-order valence-corrected chi connectivity index (χ0v) is 14.6. The molecule has 0 N–H and O–H groups in total. The summed E-state index contributed by atoms with van der Waals surface area (Å²) in [6.07, 6.45) is 0.318. The van der Waals surface area contributed by atoms with Crippen LogP contribution in [0, 0.1) is 13.8 Å². The number of amides is 1. The van der Waals surface area contributed by atoms with E-state index in [4.69, 9.17) is 4.74 Å². The smallest absolute Gasteiger partial charge is 0.307 e. The maximum absolute atomic E-state index is 12.1. The second-order valence-corrected chi connectivity index (χ2v) is 6.29. The molecular weight excluding hydrogens is 312 g/mol. The summed E-state index contributed by atoms with van der Waals surface area (Å²) in [5.74, 6) is 0.852. The Bertz CT molecular complexity index is 721. The molecular formula is C17H22N2O3S. The van der Waals surface area contributed by atoms with E-state index in [1.807, 2.05) is 43.5 Å². The van der Waals surface area contributed by atoms with Crippen LogP contribution in [-0.2, 0) is 11.3 Å². The van der Waals surface area contributed by atoms with Crippen molar-refractivity contribution in [2.45, 2.75) is 26.8 Å². The van der Waals surface area contributed by atoms with Crippen LogP contribution in [0.2, 0.25) is 0 Å². The van der Waals surface area contributed by atoms with Crippen LogP contribution >= 0.6 is 11.3 Å². The first-order valence-electron chi connectivity index (χ1n) is 7.56. The van der Waals surface area contributed by atoms with Crippen molar-refractivity contribution in [3.8, 4) is 5.75 Å². The molecule has 0 unspecified atom stereocenters. The third-order valence-electron chi connectivity index (χ3n) is 3.73. The molecule has 2 aromatic rings. The molecule has 0 atom stereocenters. The van der Waals surface area contributed by atoms with Crippen LogP contribution in [0.15, 0.2) is 34.4 Å². The van der Waals surface area contributed by atoms with E-state index >= 15 is 0 Å². The van der Waals surface area contributed by atoms with Crippen LogP contribution in [-0.4, -0.2) is 35.6 Å². The molecule has 1 aromatic carbocycles. The first-order chi connectivity index (χ1) is 11.0. The minimum atomic E-state index is -0.0131. The van der Waals surface area contributed by atoms with E-state index in [9.17, 15) is 9.59 Å². The predicted octanol–water partition coefficient (Wildman–Crippen LogP) is 2.45. The van der Waals surface area contributed by atoms with Gasteiger partial charge in [0.1, 0.15) is 12.4 Å². The third kappa shape index (κ3) is 4.69. The van der Waals surface area contributed by atoms with E-state index in [1.54, 1.807) is 16.5 Å². The van der Waals surface area contributed by atoms with Crippen molar-refractivity contribution in [2.24, 2.45) is 0 Å². The van der Waals surface area contributed by atoms with Gasteiger partial charge in [0.2, 0.25) is 5.91 Å². The highest BCUT2D eigenvalue weighted by Crippen LogP contribution is 2.15. The lowest BCUT2D eigenvalue weighted by atomic mass is 10.2. The Balaban J connectivity index is 1.77. The van der Waals surface area contributed by atoms with Gasteiger partial charge in [0.15, 0.2) is 0 Å². The molecule has 1 amide bonds. The summed E-state index contributed by atoms with van der Waals surface area (Å²) in [6, 6.07) is 7.80. The van der Waals surface area contributed by atoms with Gasteiger partial charge in [-0.15, -0.1) is 0 Å².